The van der Waals surface area contributed by atoms with E-state index in [0.29, 0.717) is 18.8 Å². The number of nitrogens with two attached hydrogens (primary N) is 1. The van der Waals surface area contributed by atoms with Crippen molar-refractivity contribution >= 4 is 5.91 Å². The normalized spacial score (nSPS) is 11.6. The second-order valence-corrected chi connectivity index (χ2v) is 4.98. The summed E-state index contributed by atoms with van der Waals surface area (Å²) in [6.45, 7) is 8.85. The van der Waals surface area contributed by atoms with Crippen molar-refractivity contribution in [3.8, 4) is 0 Å². The minimum atomic E-state index is -0.201. The Morgan fingerprint density at radius 1 is 1.53 bits per heavy atom. The number of aryl methyl sites for hydroxylation is 1. The Hall–Kier alpha value is -1.36. The van der Waals surface area contributed by atoms with Crippen molar-refractivity contribution < 1.29 is 9.32 Å². The number of aromatic nitrogens is 1. The molecule has 0 spiro atoms. The topological polar surface area (TPSA) is 81.2 Å². The van der Waals surface area contributed by atoms with Gasteiger partial charge in [-0.15, -0.1) is 0 Å². The van der Waals surface area contributed by atoms with E-state index in [1.165, 1.54) is 0 Å². The Morgan fingerprint density at radius 2 is 2.18 bits per heavy atom. The zero-order valence-electron chi connectivity index (χ0n) is 11.0. The highest BCUT2D eigenvalue weighted by atomic mass is 16.5. The van der Waals surface area contributed by atoms with Crippen LogP contribution in [0, 0.1) is 12.3 Å². The quantitative estimate of drug-likeness (QED) is 0.810. The van der Waals surface area contributed by atoms with E-state index in [0.717, 1.165) is 17.7 Å². The number of hydrogen-bond acceptors (Lipinski definition) is 4. The molecule has 0 aliphatic rings. The van der Waals surface area contributed by atoms with Gasteiger partial charge in [0.05, 0.1) is 0 Å². The smallest absolute Gasteiger partial charge is 0.273 e. The predicted octanol–water partition coefficient (Wildman–Crippen LogP) is 1.26. The van der Waals surface area contributed by atoms with Crippen molar-refractivity contribution in [1.82, 2.24) is 10.5 Å². The van der Waals surface area contributed by atoms with Crippen LogP contribution in [0.3, 0.4) is 0 Å². The van der Waals surface area contributed by atoms with Gasteiger partial charge in [-0.25, -0.2) is 0 Å². The summed E-state index contributed by atoms with van der Waals surface area (Å²) in [5.41, 5.74) is 6.68. The van der Waals surface area contributed by atoms with Crippen LogP contribution in [-0.4, -0.2) is 24.2 Å². The third kappa shape index (κ3) is 3.30. The molecule has 5 nitrogen and oxygen atoms in total. The van der Waals surface area contributed by atoms with E-state index >= 15 is 0 Å². The number of nitrogens with zero attached hydrogens (tertiary/aromatic N) is 1. The van der Waals surface area contributed by atoms with Crippen LogP contribution in [0.2, 0.25) is 0 Å². The second-order valence-electron chi connectivity index (χ2n) is 4.98. The van der Waals surface area contributed by atoms with Gasteiger partial charge >= 0.3 is 0 Å². The average Bonchev–Trinajstić information content (AvgIpc) is 2.67. The van der Waals surface area contributed by atoms with Gasteiger partial charge < -0.3 is 15.6 Å². The van der Waals surface area contributed by atoms with Crippen molar-refractivity contribution in [2.45, 2.75) is 34.1 Å². The van der Waals surface area contributed by atoms with Crippen LogP contribution in [-0.2, 0) is 6.42 Å². The molecule has 0 fully saturated rings. The first-order valence-electron chi connectivity index (χ1n) is 5.84. The molecule has 0 aliphatic heterocycles. The van der Waals surface area contributed by atoms with Crippen molar-refractivity contribution in [3.05, 3.63) is 17.0 Å². The molecule has 0 aromatic carbocycles. The van der Waals surface area contributed by atoms with Crippen LogP contribution in [0.15, 0.2) is 4.52 Å². The van der Waals surface area contributed by atoms with Crippen LogP contribution < -0.4 is 11.1 Å². The van der Waals surface area contributed by atoms with Gasteiger partial charge in [-0.1, -0.05) is 25.9 Å². The van der Waals surface area contributed by atoms with Crippen LogP contribution in [0.4, 0.5) is 0 Å². The van der Waals surface area contributed by atoms with E-state index in [2.05, 4.69) is 10.5 Å². The van der Waals surface area contributed by atoms with E-state index < -0.39 is 0 Å². The van der Waals surface area contributed by atoms with Gasteiger partial charge in [0.15, 0.2) is 5.69 Å². The van der Waals surface area contributed by atoms with E-state index in [1.807, 2.05) is 27.7 Å². The van der Waals surface area contributed by atoms with Gasteiger partial charge in [-0.2, -0.15) is 0 Å². The SMILES string of the molecule is CCc1onc(C(=O)NCC(C)(C)CN)c1C. The molecule has 1 heterocycles. The molecule has 1 rings (SSSR count). The van der Waals surface area contributed by atoms with Crippen LogP contribution >= 0.6 is 0 Å². The average molecular weight is 239 g/mol. The number of rotatable bonds is 5. The van der Waals surface area contributed by atoms with Crippen molar-refractivity contribution in [1.29, 1.82) is 0 Å². The summed E-state index contributed by atoms with van der Waals surface area (Å²) >= 11 is 0. The van der Waals surface area contributed by atoms with Gasteiger partial charge in [-0.05, 0) is 18.9 Å². The van der Waals surface area contributed by atoms with E-state index in [9.17, 15) is 4.79 Å². The zero-order valence-corrected chi connectivity index (χ0v) is 11.0. The molecular weight excluding hydrogens is 218 g/mol. The third-order valence-electron chi connectivity index (χ3n) is 2.84. The first-order chi connectivity index (χ1) is 7.91. The molecule has 0 unspecified atom stereocenters. The molecule has 5 heteroatoms. The summed E-state index contributed by atoms with van der Waals surface area (Å²) in [5, 5.41) is 6.62. The molecule has 0 atom stereocenters. The van der Waals surface area contributed by atoms with Crippen molar-refractivity contribution in [3.63, 3.8) is 0 Å². The van der Waals surface area contributed by atoms with Gasteiger partial charge in [0.2, 0.25) is 0 Å². The maximum atomic E-state index is 11.9. The largest absolute Gasteiger partial charge is 0.360 e. The lowest BCUT2D eigenvalue weighted by atomic mass is 9.94. The maximum absolute atomic E-state index is 11.9. The molecule has 17 heavy (non-hydrogen) atoms. The Labute approximate surface area is 102 Å². The Kier molecular flexibility index (Phi) is 4.28. The van der Waals surface area contributed by atoms with Crippen LogP contribution in [0.25, 0.3) is 0 Å². The fraction of sp³-hybridized carbons (Fsp3) is 0.667. The van der Waals surface area contributed by atoms with E-state index in [1.54, 1.807) is 0 Å². The monoisotopic (exact) mass is 239 g/mol. The standard InChI is InChI=1S/C12H21N3O2/c1-5-9-8(2)10(15-17-9)11(16)14-7-12(3,4)6-13/h5-7,13H2,1-4H3,(H,14,16). The van der Waals surface area contributed by atoms with Gasteiger partial charge in [0.1, 0.15) is 5.76 Å². The summed E-state index contributed by atoms with van der Waals surface area (Å²) in [4.78, 5) is 11.9. The summed E-state index contributed by atoms with van der Waals surface area (Å²) < 4.78 is 5.09. The highest BCUT2D eigenvalue weighted by molar-refractivity contribution is 5.93. The Bertz CT molecular complexity index is 396. The predicted molar refractivity (Wildman–Crippen MR) is 65.8 cm³/mol. The summed E-state index contributed by atoms with van der Waals surface area (Å²) in [6, 6.07) is 0. The highest BCUT2D eigenvalue weighted by Crippen LogP contribution is 2.14. The molecule has 1 aromatic heterocycles. The lowest BCUT2D eigenvalue weighted by Crippen LogP contribution is -2.38. The number of amides is 1. The Balaban J connectivity index is 2.67. The molecule has 1 aromatic rings. The summed E-state index contributed by atoms with van der Waals surface area (Å²) in [6.07, 6.45) is 0.737. The molecule has 0 aliphatic carbocycles. The number of carbonyl (C=O) groups excluding carboxylic acids is 1. The molecule has 0 saturated heterocycles. The van der Waals surface area contributed by atoms with E-state index in [4.69, 9.17) is 10.3 Å². The lowest BCUT2D eigenvalue weighted by molar-refractivity contribution is 0.0928. The highest BCUT2D eigenvalue weighted by Gasteiger charge is 2.21. The zero-order chi connectivity index (χ0) is 13.1. The first kappa shape index (κ1) is 13.7. The molecule has 0 saturated carbocycles. The number of carbonyl (C=O) groups is 1. The first-order valence-corrected chi connectivity index (χ1v) is 5.84. The van der Waals surface area contributed by atoms with Crippen LogP contribution in [0.5, 0.6) is 0 Å². The number of hydrogen-bond donors (Lipinski definition) is 2. The summed E-state index contributed by atoms with van der Waals surface area (Å²) in [7, 11) is 0. The second kappa shape index (κ2) is 5.31. The minimum Gasteiger partial charge on any atom is -0.360 e. The Morgan fingerprint density at radius 3 is 2.65 bits per heavy atom. The van der Waals surface area contributed by atoms with Gasteiger partial charge in [-0.3, -0.25) is 4.79 Å². The molecule has 96 valence electrons. The summed E-state index contributed by atoms with van der Waals surface area (Å²) in [5.74, 6) is 0.556. The molecule has 0 radical (unpaired) electrons. The maximum Gasteiger partial charge on any atom is 0.273 e. The minimum absolute atomic E-state index is 0.110. The van der Waals surface area contributed by atoms with Gasteiger partial charge in [0.25, 0.3) is 5.91 Å². The third-order valence-corrected chi connectivity index (χ3v) is 2.84. The molecule has 1 amide bonds. The molecular formula is C12H21N3O2. The fourth-order valence-electron chi connectivity index (χ4n) is 1.39. The van der Waals surface area contributed by atoms with Crippen LogP contribution in [0.1, 0.15) is 42.6 Å². The van der Waals surface area contributed by atoms with E-state index in [-0.39, 0.29) is 11.3 Å². The fourth-order valence-corrected chi connectivity index (χ4v) is 1.39. The molecule has 0 bridgehead atoms. The van der Waals surface area contributed by atoms with Crippen molar-refractivity contribution in [2.24, 2.45) is 11.1 Å². The number of nitrogens with one attached hydrogen (secondary N) is 1. The lowest BCUT2D eigenvalue weighted by Gasteiger charge is -2.22. The van der Waals surface area contributed by atoms with Crippen molar-refractivity contribution in [2.75, 3.05) is 13.1 Å². The molecule has 3 N–H and O–H groups in total. The van der Waals surface area contributed by atoms with Gasteiger partial charge in [0, 0.05) is 18.5 Å².